The number of nitrogens with one attached hydrogen (secondary N) is 1. The van der Waals surface area contributed by atoms with Gasteiger partial charge in [0.05, 0.1) is 33.4 Å². The molecule has 1 fully saturated rings. The Balaban J connectivity index is 1.53. The number of nitrogens with zero attached hydrogens (tertiary/aromatic N) is 7. The predicted molar refractivity (Wildman–Crippen MR) is 165 cm³/mol. The molecule has 5 aromatic rings. The van der Waals surface area contributed by atoms with Gasteiger partial charge in [0.2, 0.25) is 0 Å². The zero-order valence-corrected chi connectivity index (χ0v) is 26.5. The van der Waals surface area contributed by atoms with Gasteiger partial charge in [-0.25, -0.2) is 37.1 Å². The average Bonchev–Trinajstić information content (AvgIpc) is 3.52. The van der Waals surface area contributed by atoms with Crippen molar-refractivity contribution < 1.29 is 21.9 Å². The molecule has 0 aliphatic carbocycles. The summed E-state index contributed by atoms with van der Waals surface area (Å²) in [6, 6.07) is 8.54. The first-order valence-electron chi connectivity index (χ1n) is 14.6. The molecule has 1 unspecified atom stereocenters. The number of hydrogen-bond acceptors (Lipinski definition) is 9. The van der Waals surface area contributed by atoms with E-state index >= 15 is 0 Å². The van der Waals surface area contributed by atoms with Crippen molar-refractivity contribution in [2.75, 3.05) is 18.2 Å². The van der Waals surface area contributed by atoms with Crippen LogP contribution in [0.5, 0.6) is 0 Å². The number of anilines is 2. The van der Waals surface area contributed by atoms with Gasteiger partial charge in [-0.2, -0.15) is 5.10 Å². The molecule has 5 heterocycles. The van der Waals surface area contributed by atoms with Crippen LogP contribution >= 0.6 is 0 Å². The molecule has 45 heavy (non-hydrogen) atoms. The van der Waals surface area contributed by atoms with Crippen molar-refractivity contribution in [3.8, 4) is 11.3 Å². The first-order valence-corrected chi connectivity index (χ1v) is 16.5. The van der Waals surface area contributed by atoms with Gasteiger partial charge in [0.25, 0.3) is 6.43 Å². The van der Waals surface area contributed by atoms with Gasteiger partial charge in [0, 0.05) is 43.8 Å². The van der Waals surface area contributed by atoms with Crippen LogP contribution in [0.4, 0.5) is 20.2 Å². The SMILES string of the molecule is Cc1cc(Cc2cc(Nc3ccc(-c4nn(C)cc4C)cc3S(C)(=O)=O)c3nc(C(F)F)n(C4CCCCO4)c3n2)nc(C)n1. The molecule has 14 heteroatoms. The molecule has 0 radical (unpaired) electrons. The van der Waals surface area contributed by atoms with Crippen LogP contribution in [0.15, 0.2) is 41.4 Å². The fourth-order valence-corrected chi connectivity index (χ4v) is 6.73. The first kappa shape index (κ1) is 30.7. The van der Waals surface area contributed by atoms with Crippen LogP contribution in [0.2, 0.25) is 0 Å². The topological polar surface area (TPSA) is 130 Å². The van der Waals surface area contributed by atoms with Crippen molar-refractivity contribution in [3.63, 3.8) is 0 Å². The van der Waals surface area contributed by atoms with Crippen molar-refractivity contribution in [1.82, 2.24) is 34.3 Å². The number of benzene rings is 1. The Bertz CT molecular complexity index is 2000. The Kier molecular flexibility index (Phi) is 8.12. The minimum absolute atomic E-state index is 0.0303. The quantitative estimate of drug-likeness (QED) is 0.221. The molecule has 11 nitrogen and oxygen atoms in total. The van der Waals surface area contributed by atoms with Crippen molar-refractivity contribution in [1.29, 1.82) is 0 Å². The monoisotopic (exact) mass is 636 g/mol. The highest BCUT2D eigenvalue weighted by Gasteiger charge is 2.29. The molecule has 0 spiro atoms. The van der Waals surface area contributed by atoms with E-state index in [1.54, 1.807) is 42.9 Å². The van der Waals surface area contributed by atoms with Gasteiger partial charge in [0.1, 0.15) is 17.6 Å². The van der Waals surface area contributed by atoms with Crippen molar-refractivity contribution in [2.45, 2.75) is 64.0 Å². The molecule has 1 aliphatic heterocycles. The number of aromatic nitrogens is 7. The third-order valence-corrected chi connectivity index (χ3v) is 8.82. The third kappa shape index (κ3) is 6.29. The molecule has 0 saturated carbocycles. The smallest absolute Gasteiger partial charge is 0.295 e. The van der Waals surface area contributed by atoms with Crippen molar-refractivity contribution in [3.05, 3.63) is 70.8 Å². The van der Waals surface area contributed by atoms with Gasteiger partial charge in [-0.1, -0.05) is 6.07 Å². The zero-order chi connectivity index (χ0) is 32.0. The fraction of sp³-hybridized carbons (Fsp3) is 0.387. The molecule has 4 aromatic heterocycles. The van der Waals surface area contributed by atoms with E-state index in [4.69, 9.17) is 9.72 Å². The van der Waals surface area contributed by atoms with E-state index in [0.29, 0.717) is 47.2 Å². The molecular weight excluding hydrogens is 602 g/mol. The summed E-state index contributed by atoms with van der Waals surface area (Å²) in [5.74, 6) is 0.147. The normalized spacial score (nSPS) is 15.7. The van der Waals surface area contributed by atoms with Crippen LogP contribution in [-0.4, -0.2) is 55.6 Å². The maximum atomic E-state index is 14.5. The second kappa shape index (κ2) is 11.9. The maximum Gasteiger partial charge on any atom is 0.295 e. The Morgan fingerprint density at radius 1 is 1.02 bits per heavy atom. The highest BCUT2D eigenvalue weighted by Crippen LogP contribution is 2.37. The summed E-state index contributed by atoms with van der Waals surface area (Å²) >= 11 is 0. The lowest BCUT2D eigenvalue weighted by molar-refractivity contribution is -0.0363. The number of imidazole rings is 1. The standard InChI is InChI=1S/C31H34F2N8O3S/c1-17-16-40(4)39-27(17)20-9-10-23(25(13-20)45(5,42)43)37-24-15-22(14-21-12-18(2)34-19(3)35-21)36-30-28(24)38-31(29(32)33)41(30)26-8-6-7-11-44-26/h9-10,12-13,15-16,26,29H,6-8,11,14H2,1-5H3,(H,36,37). The number of halogens is 2. The summed E-state index contributed by atoms with van der Waals surface area (Å²) in [5.41, 5.74) is 5.22. The lowest BCUT2D eigenvalue weighted by Crippen LogP contribution is -2.20. The molecule has 236 valence electrons. The lowest BCUT2D eigenvalue weighted by Gasteiger charge is -2.25. The minimum atomic E-state index is -3.74. The Labute approximate surface area is 259 Å². The van der Waals surface area contributed by atoms with Crippen molar-refractivity contribution in [2.24, 2.45) is 7.05 Å². The van der Waals surface area contributed by atoms with E-state index in [1.165, 1.54) is 4.57 Å². The molecular formula is C31H34F2N8O3S. The van der Waals surface area contributed by atoms with Crippen LogP contribution in [0.25, 0.3) is 22.4 Å². The molecule has 0 amide bonds. The van der Waals surface area contributed by atoms with Crippen LogP contribution in [0.3, 0.4) is 0 Å². The van der Waals surface area contributed by atoms with E-state index in [0.717, 1.165) is 30.4 Å². The molecule has 1 saturated heterocycles. The number of alkyl halides is 2. The van der Waals surface area contributed by atoms with E-state index in [2.05, 4.69) is 25.4 Å². The molecule has 1 atom stereocenters. The molecule has 0 bridgehead atoms. The van der Waals surface area contributed by atoms with E-state index in [-0.39, 0.29) is 28.2 Å². The molecule has 1 aliphatic rings. The highest BCUT2D eigenvalue weighted by molar-refractivity contribution is 7.90. The van der Waals surface area contributed by atoms with Crippen molar-refractivity contribution >= 4 is 32.4 Å². The van der Waals surface area contributed by atoms with Gasteiger partial charge in [0.15, 0.2) is 21.3 Å². The number of fused-ring (bicyclic) bond motifs is 1. The second-order valence-corrected chi connectivity index (χ2v) is 13.4. The van der Waals surface area contributed by atoms with Gasteiger partial charge < -0.3 is 10.1 Å². The Hall–Kier alpha value is -4.30. The number of ether oxygens (including phenoxy) is 1. The summed E-state index contributed by atoms with van der Waals surface area (Å²) in [6.07, 6.45) is 1.91. The number of sulfone groups is 1. The van der Waals surface area contributed by atoms with Crippen LogP contribution in [0.1, 0.15) is 66.2 Å². The predicted octanol–water partition coefficient (Wildman–Crippen LogP) is 5.92. The average molecular weight is 637 g/mol. The van der Waals surface area contributed by atoms with Gasteiger partial charge in [-0.3, -0.25) is 9.25 Å². The van der Waals surface area contributed by atoms with Crippen LogP contribution < -0.4 is 5.32 Å². The largest absolute Gasteiger partial charge is 0.358 e. The molecule has 1 aromatic carbocycles. The van der Waals surface area contributed by atoms with E-state index in [9.17, 15) is 17.2 Å². The lowest BCUT2D eigenvalue weighted by atomic mass is 10.1. The zero-order valence-electron chi connectivity index (χ0n) is 25.7. The summed E-state index contributed by atoms with van der Waals surface area (Å²) in [7, 11) is -1.94. The summed E-state index contributed by atoms with van der Waals surface area (Å²) < 4.78 is 64.1. The van der Waals surface area contributed by atoms with E-state index in [1.807, 2.05) is 26.1 Å². The molecule has 6 rings (SSSR count). The van der Waals surface area contributed by atoms with Gasteiger partial charge in [-0.15, -0.1) is 0 Å². The molecule has 1 N–H and O–H groups in total. The number of hydrogen-bond donors (Lipinski definition) is 1. The van der Waals surface area contributed by atoms with Crippen LogP contribution in [0, 0.1) is 20.8 Å². The van der Waals surface area contributed by atoms with Gasteiger partial charge >= 0.3 is 0 Å². The third-order valence-electron chi connectivity index (χ3n) is 7.68. The number of aryl methyl sites for hydroxylation is 4. The van der Waals surface area contributed by atoms with Gasteiger partial charge in [-0.05, 0) is 69.9 Å². The number of rotatable bonds is 8. The second-order valence-electron chi connectivity index (χ2n) is 11.5. The summed E-state index contributed by atoms with van der Waals surface area (Å²) in [5, 5.41) is 7.70. The fourth-order valence-electron chi connectivity index (χ4n) is 5.87. The van der Waals surface area contributed by atoms with E-state index < -0.39 is 28.3 Å². The number of pyridine rings is 1. The minimum Gasteiger partial charge on any atom is -0.358 e. The summed E-state index contributed by atoms with van der Waals surface area (Å²) in [6.45, 7) is 6.01. The Morgan fingerprint density at radius 2 is 1.80 bits per heavy atom. The summed E-state index contributed by atoms with van der Waals surface area (Å²) in [4.78, 5) is 18.1. The Morgan fingerprint density at radius 3 is 2.44 bits per heavy atom. The highest BCUT2D eigenvalue weighted by atomic mass is 32.2. The van der Waals surface area contributed by atoms with Crippen LogP contribution in [-0.2, 0) is 28.0 Å². The maximum absolute atomic E-state index is 14.5. The first-order chi connectivity index (χ1) is 21.4.